The Morgan fingerprint density at radius 1 is 1.24 bits per heavy atom. The summed E-state index contributed by atoms with van der Waals surface area (Å²) in [6.45, 7) is 11.0. The maximum Gasteiger partial charge on any atom is 0.337 e. The standard InChI is InChI=1S/C20H32O8Si/c1-20(2,3)29(6,7)28-14(12-9-8-10-24-12)13-15-17(18(21)23-5)27-19(26-15)16(13)25-11-22-4/h8-10,13-17,19H,11H2,1-7H3/t13-,14+,15+,16+,17+,19+/m0/s1. The molecule has 0 amide bonds. The van der Waals surface area contributed by atoms with Crippen molar-refractivity contribution in [3.05, 3.63) is 24.2 Å². The van der Waals surface area contributed by atoms with Gasteiger partial charge in [0, 0.05) is 7.11 Å². The normalized spacial score (nSPS) is 30.5. The number of hydrogen-bond donors (Lipinski definition) is 0. The van der Waals surface area contributed by atoms with Gasteiger partial charge < -0.3 is 32.5 Å². The molecular weight excluding hydrogens is 396 g/mol. The predicted molar refractivity (Wildman–Crippen MR) is 106 cm³/mol. The SMILES string of the molecule is COCO[C@H]1[C@@H]2O[C@H]([C@@H]1[C@H](O[Si](C)(C)C(C)(C)C)c1ccco1)[C@H](C(=O)OC)O2. The van der Waals surface area contributed by atoms with Crippen molar-refractivity contribution < 1.29 is 37.3 Å². The summed E-state index contributed by atoms with van der Waals surface area (Å²) in [6, 6.07) is 3.70. The first-order valence-corrected chi connectivity index (χ1v) is 12.7. The van der Waals surface area contributed by atoms with Gasteiger partial charge >= 0.3 is 5.97 Å². The molecule has 0 saturated carbocycles. The van der Waals surface area contributed by atoms with Crippen molar-refractivity contribution in [1.29, 1.82) is 0 Å². The molecule has 2 fully saturated rings. The fourth-order valence-electron chi connectivity index (χ4n) is 3.56. The van der Waals surface area contributed by atoms with Crippen LogP contribution in [0.1, 0.15) is 32.6 Å². The molecule has 9 heteroatoms. The third-order valence-electron chi connectivity index (χ3n) is 6.11. The lowest BCUT2D eigenvalue weighted by atomic mass is 9.86. The summed E-state index contributed by atoms with van der Waals surface area (Å²) in [5.41, 5.74) is 0. The van der Waals surface area contributed by atoms with Gasteiger partial charge in [-0.2, -0.15) is 0 Å². The molecule has 6 atom stereocenters. The lowest BCUT2D eigenvalue weighted by Crippen LogP contribution is -2.52. The molecule has 1 aromatic rings. The third-order valence-corrected chi connectivity index (χ3v) is 10.6. The van der Waals surface area contributed by atoms with Crippen LogP contribution in [0.5, 0.6) is 0 Å². The molecular formula is C20H32O8Si. The molecule has 29 heavy (non-hydrogen) atoms. The lowest BCUT2D eigenvalue weighted by molar-refractivity contribution is -0.196. The van der Waals surface area contributed by atoms with Gasteiger partial charge in [0.25, 0.3) is 0 Å². The quantitative estimate of drug-likeness (QED) is 0.354. The average molecular weight is 429 g/mol. The second-order valence-electron chi connectivity index (χ2n) is 8.98. The van der Waals surface area contributed by atoms with E-state index in [1.165, 1.54) is 7.11 Å². The highest BCUT2D eigenvalue weighted by molar-refractivity contribution is 6.74. The Bertz CT molecular complexity index is 683. The molecule has 2 aliphatic rings. The molecule has 1 aromatic heterocycles. The van der Waals surface area contributed by atoms with Crippen LogP contribution in [0.2, 0.25) is 18.1 Å². The zero-order valence-corrected chi connectivity index (χ0v) is 19.2. The second kappa shape index (κ2) is 8.48. The van der Waals surface area contributed by atoms with E-state index in [-0.39, 0.29) is 17.7 Å². The number of carbonyl (C=O) groups excluding carboxylic acids is 1. The van der Waals surface area contributed by atoms with Gasteiger partial charge in [0.2, 0.25) is 0 Å². The third kappa shape index (κ3) is 4.30. The first-order valence-electron chi connectivity index (χ1n) is 9.81. The van der Waals surface area contributed by atoms with Gasteiger partial charge in [-0.1, -0.05) is 20.8 Å². The number of esters is 1. The van der Waals surface area contributed by atoms with Crippen molar-refractivity contribution >= 4 is 14.3 Å². The average Bonchev–Trinajstić information content (AvgIpc) is 3.38. The van der Waals surface area contributed by atoms with Crippen LogP contribution >= 0.6 is 0 Å². The van der Waals surface area contributed by atoms with E-state index in [1.54, 1.807) is 13.4 Å². The Morgan fingerprint density at radius 2 is 1.97 bits per heavy atom. The van der Waals surface area contributed by atoms with E-state index in [4.69, 9.17) is 32.5 Å². The number of carbonyl (C=O) groups is 1. The van der Waals surface area contributed by atoms with E-state index in [2.05, 4.69) is 33.9 Å². The monoisotopic (exact) mass is 428 g/mol. The summed E-state index contributed by atoms with van der Waals surface area (Å²) in [4.78, 5) is 12.3. The summed E-state index contributed by atoms with van der Waals surface area (Å²) in [5, 5.41) is -0.0164. The molecule has 0 spiro atoms. The minimum atomic E-state index is -2.20. The highest BCUT2D eigenvalue weighted by Gasteiger charge is 2.62. The molecule has 2 saturated heterocycles. The van der Waals surface area contributed by atoms with Crippen LogP contribution in [0, 0.1) is 5.92 Å². The van der Waals surface area contributed by atoms with Crippen molar-refractivity contribution in [2.45, 2.75) is 69.6 Å². The van der Waals surface area contributed by atoms with Crippen LogP contribution < -0.4 is 0 Å². The molecule has 0 unspecified atom stereocenters. The van der Waals surface area contributed by atoms with Gasteiger partial charge in [0.05, 0.1) is 19.3 Å². The lowest BCUT2D eigenvalue weighted by Gasteiger charge is -2.43. The van der Waals surface area contributed by atoms with Crippen LogP contribution in [0.4, 0.5) is 0 Å². The molecule has 3 rings (SSSR count). The largest absolute Gasteiger partial charge is 0.467 e. The Hall–Kier alpha value is -1.23. The van der Waals surface area contributed by atoms with Crippen LogP contribution in [-0.4, -0.2) is 59.9 Å². The van der Waals surface area contributed by atoms with E-state index in [0.717, 1.165) is 0 Å². The number of methoxy groups -OCH3 is 2. The van der Waals surface area contributed by atoms with E-state index in [1.807, 2.05) is 12.1 Å². The molecule has 0 N–H and O–H groups in total. The van der Waals surface area contributed by atoms with Crippen molar-refractivity contribution in [2.24, 2.45) is 5.92 Å². The molecule has 3 heterocycles. The van der Waals surface area contributed by atoms with Crippen molar-refractivity contribution in [3.8, 4) is 0 Å². The van der Waals surface area contributed by atoms with Crippen LogP contribution in [0.25, 0.3) is 0 Å². The van der Waals surface area contributed by atoms with E-state index in [0.29, 0.717) is 5.76 Å². The Balaban J connectivity index is 1.97. The van der Waals surface area contributed by atoms with Gasteiger partial charge in [-0.3, -0.25) is 0 Å². The zero-order chi connectivity index (χ0) is 21.4. The van der Waals surface area contributed by atoms with Gasteiger partial charge in [-0.25, -0.2) is 4.79 Å². The number of ether oxygens (including phenoxy) is 5. The fourth-order valence-corrected chi connectivity index (χ4v) is 4.82. The van der Waals surface area contributed by atoms with E-state index in [9.17, 15) is 4.79 Å². The summed E-state index contributed by atoms with van der Waals surface area (Å²) in [7, 11) is 0.691. The molecule has 2 bridgehead atoms. The Morgan fingerprint density at radius 3 is 2.52 bits per heavy atom. The molecule has 0 radical (unpaired) electrons. The highest BCUT2D eigenvalue weighted by Crippen LogP contribution is 2.50. The molecule has 8 nitrogen and oxygen atoms in total. The minimum Gasteiger partial charge on any atom is -0.467 e. The second-order valence-corrected chi connectivity index (χ2v) is 13.7. The smallest absolute Gasteiger partial charge is 0.337 e. The molecule has 2 aliphatic heterocycles. The maximum absolute atomic E-state index is 12.3. The molecule has 0 aromatic carbocycles. The first kappa shape index (κ1) is 22.5. The minimum absolute atomic E-state index is 0.0164. The summed E-state index contributed by atoms with van der Waals surface area (Å²) >= 11 is 0. The topological polar surface area (TPSA) is 85.6 Å². The van der Waals surface area contributed by atoms with E-state index >= 15 is 0 Å². The summed E-state index contributed by atoms with van der Waals surface area (Å²) in [6.07, 6.45) is -1.43. The number of fused-ring (bicyclic) bond motifs is 2. The number of hydrogen-bond acceptors (Lipinski definition) is 8. The molecule has 164 valence electrons. The highest BCUT2D eigenvalue weighted by atomic mass is 28.4. The van der Waals surface area contributed by atoms with Gasteiger partial charge in [0.1, 0.15) is 30.9 Å². The zero-order valence-electron chi connectivity index (χ0n) is 18.2. The van der Waals surface area contributed by atoms with Gasteiger partial charge in [-0.05, 0) is 30.3 Å². The Kier molecular flexibility index (Phi) is 6.57. The van der Waals surface area contributed by atoms with Gasteiger partial charge in [0.15, 0.2) is 20.7 Å². The predicted octanol–water partition coefficient (Wildman–Crippen LogP) is 3.24. The van der Waals surface area contributed by atoms with Crippen LogP contribution in [0.15, 0.2) is 22.8 Å². The Labute approximate surface area is 172 Å². The first-order chi connectivity index (χ1) is 13.6. The maximum atomic E-state index is 12.3. The summed E-state index contributed by atoms with van der Waals surface area (Å²) in [5.74, 6) is -0.128. The van der Waals surface area contributed by atoms with Gasteiger partial charge in [-0.15, -0.1) is 0 Å². The number of rotatable bonds is 8. The van der Waals surface area contributed by atoms with Crippen molar-refractivity contribution in [3.63, 3.8) is 0 Å². The number of furan rings is 1. The fraction of sp³-hybridized carbons (Fsp3) is 0.750. The van der Waals surface area contributed by atoms with E-state index < -0.39 is 45.0 Å². The molecule has 0 aliphatic carbocycles. The van der Waals surface area contributed by atoms with Crippen molar-refractivity contribution in [2.75, 3.05) is 21.0 Å². The van der Waals surface area contributed by atoms with Crippen LogP contribution in [-0.2, 0) is 32.9 Å². The van der Waals surface area contributed by atoms with Crippen LogP contribution in [0.3, 0.4) is 0 Å². The van der Waals surface area contributed by atoms with Crippen molar-refractivity contribution in [1.82, 2.24) is 0 Å². The summed E-state index contributed by atoms with van der Waals surface area (Å²) < 4.78 is 40.2.